The van der Waals surface area contributed by atoms with Crippen LogP contribution in [0.2, 0.25) is 0 Å². The summed E-state index contributed by atoms with van der Waals surface area (Å²) in [6.45, 7) is 15.5. The van der Waals surface area contributed by atoms with Crippen LogP contribution in [0.3, 0.4) is 0 Å². The van der Waals surface area contributed by atoms with Gasteiger partial charge in [-0.25, -0.2) is 0 Å². The zero-order valence-corrected chi connectivity index (χ0v) is 11.6. The Kier molecular flexibility index (Phi) is 3.09. The normalized spacial score (nSPS) is 35.1. The van der Waals surface area contributed by atoms with Crippen LogP contribution in [-0.4, -0.2) is 36.6 Å². The molecule has 1 heterocycles. The molecule has 2 rings (SSSR count). The van der Waals surface area contributed by atoms with Gasteiger partial charge in [0.1, 0.15) is 0 Å². The Labute approximate surface area is 101 Å². The van der Waals surface area contributed by atoms with Crippen molar-refractivity contribution in [1.29, 1.82) is 0 Å². The van der Waals surface area contributed by atoms with E-state index in [0.29, 0.717) is 22.9 Å². The molecule has 2 heteroatoms. The van der Waals surface area contributed by atoms with Crippen molar-refractivity contribution < 1.29 is 0 Å². The van der Waals surface area contributed by atoms with Crippen LogP contribution in [0.5, 0.6) is 0 Å². The number of piperazine rings is 1. The Morgan fingerprint density at radius 1 is 1.31 bits per heavy atom. The summed E-state index contributed by atoms with van der Waals surface area (Å²) in [5, 5.41) is 3.70. The Hall–Kier alpha value is -0.0800. The topological polar surface area (TPSA) is 15.3 Å². The van der Waals surface area contributed by atoms with Gasteiger partial charge >= 0.3 is 0 Å². The van der Waals surface area contributed by atoms with Gasteiger partial charge in [-0.2, -0.15) is 0 Å². The first-order valence-corrected chi connectivity index (χ1v) is 6.78. The lowest BCUT2D eigenvalue weighted by molar-refractivity contribution is 0.0781. The smallest absolute Gasteiger partial charge is 0.0244 e. The molecular weight excluding hydrogens is 196 g/mol. The zero-order valence-electron chi connectivity index (χ0n) is 11.6. The van der Waals surface area contributed by atoms with Crippen molar-refractivity contribution in [2.75, 3.05) is 19.6 Å². The van der Waals surface area contributed by atoms with Crippen molar-refractivity contribution in [3.05, 3.63) is 0 Å². The quantitative estimate of drug-likeness (QED) is 0.775. The van der Waals surface area contributed by atoms with E-state index in [4.69, 9.17) is 0 Å². The van der Waals surface area contributed by atoms with Crippen LogP contribution in [0.15, 0.2) is 0 Å². The molecule has 0 spiro atoms. The maximum Gasteiger partial charge on any atom is 0.0244 e. The molecular formula is C14H28N2. The van der Waals surface area contributed by atoms with Gasteiger partial charge in [0.05, 0.1) is 0 Å². The molecule has 1 N–H and O–H groups in total. The summed E-state index contributed by atoms with van der Waals surface area (Å²) in [6.07, 6.45) is 2.87. The second-order valence-corrected chi connectivity index (χ2v) is 7.42. The maximum atomic E-state index is 3.70. The van der Waals surface area contributed by atoms with Crippen LogP contribution in [0, 0.1) is 10.8 Å². The van der Waals surface area contributed by atoms with E-state index in [1.807, 2.05) is 0 Å². The molecule has 0 aromatic rings. The predicted octanol–water partition coefficient (Wildman–Crippen LogP) is 2.49. The van der Waals surface area contributed by atoms with E-state index >= 15 is 0 Å². The van der Waals surface area contributed by atoms with E-state index < -0.39 is 0 Å². The molecule has 2 nitrogen and oxygen atoms in total. The van der Waals surface area contributed by atoms with Gasteiger partial charge in [0.15, 0.2) is 0 Å². The number of nitrogens with one attached hydrogen (secondary N) is 1. The van der Waals surface area contributed by atoms with E-state index in [1.54, 1.807) is 0 Å². The summed E-state index contributed by atoms with van der Waals surface area (Å²) < 4.78 is 0. The van der Waals surface area contributed by atoms with E-state index in [9.17, 15) is 0 Å². The number of nitrogens with zero attached hydrogens (tertiary/aromatic N) is 1. The van der Waals surface area contributed by atoms with Crippen molar-refractivity contribution in [3.8, 4) is 0 Å². The molecule has 1 aliphatic carbocycles. The molecule has 2 atom stereocenters. The third kappa shape index (κ3) is 2.78. The van der Waals surface area contributed by atoms with E-state index in [1.165, 1.54) is 25.9 Å². The summed E-state index contributed by atoms with van der Waals surface area (Å²) in [6, 6.07) is 1.35. The minimum absolute atomic E-state index is 0.378. The summed E-state index contributed by atoms with van der Waals surface area (Å²) in [4.78, 5) is 2.71. The van der Waals surface area contributed by atoms with Gasteiger partial charge in [-0.15, -0.1) is 0 Å². The summed E-state index contributed by atoms with van der Waals surface area (Å²) >= 11 is 0. The van der Waals surface area contributed by atoms with Crippen molar-refractivity contribution in [3.63, 3.8) is 0 Å². The van der Waals surface area contributed by atoms with E-state index in [2.05, 4.69) is 44.8 Å². The molecule has 94 valence electrons. The molecule has 0 aromatic heterocycles. The van der Waals surface area contributed by atoms with Crippen LogP contribution in [0.25, 0.3) is 0 Å². The molecule has 0 radical (unpaired) electrons. The molecule has 1 saturated carbocycles. The fraction of sp³-hybridized carbons (Fsp3) is 1.00. The second-order valence-electron chi connectivity index (χ2n) is 7.42. The lowest BCUT2D eigenvalue weighted by Gasteiger charge is -2.45. The molecule has 2 unspecified atom stereocenters. The summed E-state index contributed by atoms with van der Waals surface area (Å²) in [5.74, 6) is 0. The largest absolute Gasteiger partial charge is 0.311 e. The van der Waals surface area contributed by atoms with Gasteiger partial charge in [-0.05, 0) is 30.6 Å². The molecule has 16 heavy (non-hydrogen) atoms. The Balaban J connectivity index is 1.95. The van der Waals surface area contributed by atoms with E-state index in [0.717, 1.165) is 6.54 Å². The van der Waals surface area contributed by atoms with E-state index in [-0.39, 0.29) is 0 Å². The highest BCUT2D eigenvalue weighted by atomic mass is 15.2. The van der Waals surface area contributed by atoms with Crippen LogP contribution >= 0.6 is 0 Å². The standard InChI is InChI=1S/C14H28N2/c1-11-8-15-12(13(2,3)4)9-16(11)10-14(5)6-7-14/h11-12,15H,6-10H2,1-5H3. The second kappa shape index (κ2) is 3.99. The maximum absolute atomic E-state index is 3.70. The molecule has 0 bridgehead atoms. The minimum atomic E-state index is 0.378. The third-order valence-corrected chi connectivity index (χ3v) is 4.43. The number of hydrogen-bond donors (Lipinski definition) is 1. The van der Waals surface area contributed by atoms with Crippen molar-refractivity contribution >= 4 is 0 Å². The SMILES string of the molecule is CC1CNC(C(C)(C)C)CN1CC1(C)CC1. The average Bonchev–Trinajstić information content (AvgIpc) is 2.86. The Bertz CT molecular complexity index is 250. The van der Waals surface area contributed by atoms with Crippen LogP contribution in [0.4, 0.5) is 0 Å². The lowest BCUT2D eigenvalue weighted by Crippen LogP contribution is -2.60. The summed E-state index contributed by atoms with van der Waals surface area (Å²) in [7, 11) is 0. The highest BCUT2D eigenvalue weighted by Gasteiger charge is 2.41. The first-order valence-electron chi connectivity index (χ1n) is 6.78. The monoisotopic (exact) mass is 224 g/mol. The highest BCUT2D eigenvalue weighted by Crippen LogP contribution is 2.46. The molecule has 0 aromatic carbocycles. The number of rotatable bonds is 2. The molecule has 2 fully saturated rings. The predicted molar refractivity (Wildman–Crippen MR) is 69.6 cm³/mol. The fourth-order valence-electron chi connectivity index (χ4n) is 2.58. The fourth-order valence-corrected chi connectivity index (χ4v) is 2.58. The minimum Gasteiger partial charge on any atom is -0.311 e. The molecule has 1 saturated heterocycles. The first-order chi connectivity index (χ1) is 7.30. The molecule has 1 aliphatic heterocycles. The highest BCUT2D eigenvalue weighted by molar-refractivity contribution is 4.96. The van der Waals surface area contributed by atoms with Gasteiger partial charge < -0.3 is 5.32 Å². The van der Waals surface area contributed by atoms with Crippen LogP contribution < -0.4 is 5.32 Å². The van der Waals surface area contributed by atoms with Crippen molar-refractivity contribution in [1.82, 2.24) is 10.2 Å². The van der Waals surface area contributed by atoms with Gasteiger partial charge in [-0.3, -0.25) is 4.90 Å². The Morgan fingerprint density at radius 3 is 2.44 bits per heavy atom. The Morgan fingerprint density at radius 2 is 1.94 bits per heavy atom. The zero-order chi connectivity index (χ0) is 12.0. The van der Waals surface area contributed by atoms with Gasteiger partial charge in [0.2, 0.25) is 0 Å². The number of hydrogen-bond acceptors (Lipinski definition) is 2. The first kappa shape index (κ1) is 12.4. The van der Waals surface area contributed by atoms with Gasteiger partial charge in [-0.1, -0.05) is 27.7 Å². The third-order valence-electron chi connectivity index (χ3n) is 4.43. The lowest BCUT2D eigenvalue weighted by atomic mass is 9.84. The van der Waals surface area contributed by atoms with Crippen molar-refractivity contribution in [2.24, 2.45) is 10.8 Å². The molecule has 0 amide bonds. The van der Waals surface area contributed by atoms with Crippen LogP contribution in [-0.2, 0) is 0 Å². The van der Waals surface area contributed by atoms with Gasteiger partial charge in [0, 0.05) is 31.7 Å². The average molecular weight is 224 g/mol. The molecule has 2 aliphatic rings. The van der Waals surface area contributed by atoms with Gasteiger partial charge in [0.25, 0.3) is 0 Å². The van der Waals surface area contributed by atoms with Crippen LogP contribution in [0.1, 0.15) is 47.5 Å². The summed E-state index contributed by atoms with van der Waals surface area (Å²) in [5.41, 5.74) is 1.02. The van der Waals surface area contributed by atoms with Crippen molar-refractivity contribution in [2.45, 2.75) is 59.5 Å².